The zero-order chi connectivity index (χ0) is 7.49. The predicted molar refractivity (Wildman–Crippen MR) is 23.7 cm³/mol. The summed E-state index contributed by atoms with van der Waals surface area (Å²) in [6.45, 7) is -0.0725. The van der Waals surface area contributed by atoms with Gasteiger partial charge < -0.3 is 9.84 Å². The first-order valence-corrected chi connectivity index (χ1v) is 2.27. The third kappa shape index (κ3) is 3.31. The van der Waals surface area contributed by atoms with Crippen molar-refractivity contribution >= 4 is 0 Å². The van der Waals surface area contributed by atoms with Gasteiger partial charge in [-0.05, 0) is 6.92 Å². The molecule has 56 valence electrons. The molecule has 0 bridgehead atoms. The molecule has 0 saturated heterocycles. The molecular formula is C4H7F3O2. The van der Waals surface area contributed by atoms with Crippen molar-refractivity contribution in [1.82, 2.24) is 0 Å². The van der Waals surface area contributed by atoms with Crippen molar-refractivity contribution in [2.24, 2.45) is 0 Å². The second-order valence-electron chi connectivity index (χ2n) is 1.48. The number of hydrogen-bond acceptors (Lipinski definition) is 2. The Morgan fingerprint density at radius 3 is 2.11 bits per heavy atom. The highest BCUT2D eigenvalue weighted by Crippen LogP contribution is 2.21. The molecule has 0 aliphatic heterocycles. The van der Waals surface area contributed by atoms with E-state index in [1.807, 2.05) is 0 Å². The summed E-state index contributed by atoms with van der Waals surface area (Å²) < 4.78 is 38.0. The Morgan fingerprint density at radius 1 is 1.56 bits per heavy atom. The van der Waals surface area contributed by atoms with E-state index in [1.54, 1.807) is 0 Å². The van der Waals surface area contributed by atoms with Crippen LogP contribution < -0.4 is 0 Å². The standard InChI is InChI=1S/C4H7F3O2/c1-3(9-2-8)4(5,6)7/h3,8H,2H2,1H3. The van der Waals surface area contributed by atoms with E-state index in [-0.39, 0.29) is 0 Å². The number of rotatable bonds is 2. The minimum Gasteiger partial charge on any atom is -0.371 e. The molecule has 0 heterocycles. The Morgan fingerprint density at radius 2 is 2.00 bits per heavy atom. The third-order valence-electron chi connectivity index (χ3n) is 0.785. The van der Waals surface area contributed by atoms with Crippen molar-refractivity contribution in [1.29, 1.82) is 0 Å². The van der Waals surface area contributed by atoms with Crippen molar-refractivity contribution in [2.75, 3.05) is 6.79 Å². The lowest BCUT2D eigenvalue weighted by Gasteiger charge is -2.13. The first kappa shape index (κ1) is 8.71. The summed E-state index contributed by atoms with van der Waals surface area (Å²) in [5.41, 5.74) is 0. The van der Waals surface area contributed by atoms with Crippen molar-refractivity contribution in [3.05, 3.63) is 0 Å². The molecule has 9 heavy (non-hydrogen) atoms. The average molecular weight is 144 g/mol. The van der Waals surface area contributed by atoms with Gasteiger partial charge in [0.1, 0.15) is 6.79 Å². The molecule has 0 amide bonds. The zero-order valence-electron chi connectivity index (χ0n) is 4.77. The van der Waals surface area contributed by atoms with Gasteiger partial charge in [0.05, 0.1) is 0 Å². The SMILES string of the molecule is CC(OCO)C(F)(F)F. The van der Waals surface area contributed by atoms with Crippen molar-refractivity contribution in [3.8, 4) is 0 Å². The molecule has 0 aliphatic rings. The first-order valence-electron chi connectivity index (χ1n) is 2.27. The maximum atomic E-state index is 11.4. The molecule has 5 heteroatoms. The number of alkyl halides is 3. The lowest BCUT2D eigenvalue weighted by molar-refractivity contribution is -0.230. The van der Waals surface area contributed by atoms with E-state index in [9.17, 15) is 13.2 Å². The van der Waals surface area contributed by atoms with Crippen LogP contribution in [0.5, 0.6) is 0 Å². The fourth-order valence-electron chi connectivity index (χ4n) is 0.206. The Bertz CT molecular complexity index is 80.4. The smallest absolute Gasteiger partial charge is 0.371 e. The minimum atomic E-state index is -4.37. The van der Waals surface area contributed by atoms with Crippen LogP contribution in [0.2, 0.25) is 0 Å². The third-order valence-corrected chi connectivity index (χ3v) is 0.785. The Hall–Kier alpha value is -0.290. The van der Waals surface area contributed by atoms with Crippen LogP contribution in [0.3, 0.4) is 0 Å². The van der Waals surface area contributed by atoms with E-state index >= 15 is 0 Å². The highest BCUT2D eigenvalue weighted by atomic mass is 19.4. The van der Waals surface area contributed by atoms with Crippen molar-refractivity contribution in [2.45, 2.75) is 19.2 Å². The lowest BCUT2D eigenvalue weighted by atomic mass is 10.4. The van der Waals surface area contributed by atoms with Crippen LogP contribution in [0.1, 0.15) is 6.92 Å². The molecule has 2 nitrogen and oxygen atoms in total. The van der Waals surface area contributed by atoms with Crippen molar-refractivity contribution in [3.63, 3.8) is 0 Å². The number of aliphatic hydroxyl groups is 1. The van der Waals surface area contributed by atoms with Gasteiger partial charge >= 0.3 is 6.18 Å². The van der Waals surface area contributed by atoms with Gasteiger partial charge in [0.15, 0.2) is 6.10 Å². The summed E-state index contributed by atoms with van der Waals surface area (Å²) in [5, 5.41) is 7.88. The van der Waals surface area contributed by atoms with Crippen LogP contribution in [0, 0.1) is 0 Å². The summed E-state index contributed by atoms with van der Waals surface area (Å²) in [7, 11) is 0. The molecule has 0 saturated carbocycles. The molecular weight excluding hydrogens is 137 g/mol. The summed E-state index contributed by atoms with van der Waals surface area (Å²) in [6.07, 6.45) is -6.26. The molecule has 1 atom stereocenters. The molecule has 0 spiro atoms. The van der Waals surface area contributed by atoms with Gasteiger partial charge in [-0.15, -0.1) is 0 Å². The normalized spacial score (nSPS) is 15.7. The van der Waals surface area contributed by atoms with Crippen LogP contribution in [0.25, 0.3) is 0 Å². The fourth-order valence-corrected chi connectivity index (χ4v) is 0.206. The van der Waals surface area contributed by atoms with Gasteiger partial charge in [-0.25, -0.2) is 0 Å². The molecule has 0 aromatic heterocycles. The van der Waals surface area contributed by atoms with Gasteiger partial charge in [-0.1, -0.05) is 0 Å². The Kier molecular flexibility index (Phi) is 2.93. The van der Waals surface area contributed by atoms with E-state index < -0.39 is 19.1 Å². The van der Waals surface area contributed by atoms with Crippen LogP contribution in [-0.2, 0) is 4.74 Å². The van der Waals surface area contributed by atoms with Gasteiger partial charge in [0.2, 0.25) is 0 Å². The van der Waals surface area contributed by atoms with Crippen LogP contribution >= 0.6 is 0 Å². The van der Waals surface area contributed by atoms with E-state index in [0.717, 1.165) is 6.92 Å². The molecule has 0 aromatic carbocycles. The van der Waals surface area contributed by atoms with Crippen LogP contribution in [0.4, 0.5) is 13.2 Å². The van der Waals surface area contributed by atoms with Crippen LogP contribution in [-0.4, -0.2) is 24.2 Å². The molecule has 1 unspecified atom stereocenters. The first-order chi connectivity index (χ1) is 3.98. The number of halogens is 3. The quantitative estimate of drug-likeness (QED) is 0.583. The molecule has 0 rings (SSSR count). The highest BCUT2D eigenvalue weighted by molar-refractivity contribution is 4.58. The Labute approximate surface area is 50.2 Å². The largest absolute Gasteiger partial charge is 0.414 e. The van der Waals surface area contributed by atoms with Crippen LogP contribution in [0.15, 0.2) is 0 Å². The lowest BCUT2D eigenvalue weighted by Crippen LogP contribution is -2.28. The number of ether oxygens (including phenoxy) is 1. The predicted octanol–water partition coefficient (Wildman–Crippen LogP) is 0.904. The number of hydrogen-bond donors (Lipinski definition) is 1. The van der Waals surface area contributed by atoms with Gasteiger partial charge in [-0.2, -0.15) is 13.2 Å². The average Bonchev–Trinajstić information content (AvgIpc) is 1.64. The van der Waals surface area contributed by atoms with E-state index in [1.165, 1.54) is 0 Å². The maximum Gasteiger partial charge on any atom is 0.414 e. The molecule has 0 fully saturated rings. The van der Waals surface area contributed by atoms with Gasteiger partial charge in [0.25, 0.3) is 0 Å². The molecule has 1 N–H and O–H groups in total. The van der Waals surface area contributed by atoms with Crippen molar-refractivity contribution < 1.29 is 23.0 Å². The summed E-state index contributed by atoms with van der Waals surface area (Å²) in [6, 6.07) is 0. The molecule has 0 radical (unpaired) electrons. The fraction of sp³-hybridized carbons (Fsp3) is 1.00. The Balaban J connectivity index is 3.59. The zero-order valence-corrected chi connectivity index (χ0v) is 4.77. The second kappa shape index (κ2) is 3.03. The number of aliphatic hydroxyl groups excluding tert-OH is 1. The van der Waals surface area contributed by atoms with E-state index in [4.69, 9.17) is 5.11 Å². The summed E-state index contributed by atoms with van der Waals surface area (Å²) in [5.74, 6) is 0. The van der Waals surface area contributed by atoms with E-state index in [0.29, 0.717) is 0 Å². The van der Waals surface area contributed by atoms with Gasteiger partial charge in [0, 0.05) is 0 Å². The highest BCUT2D eigenvalue weighted by Gasteiger charge is 2.36. The molecule has 0 aromatic rings. The maximum absolute atomic E-state index is 11.4. The van der Waals surface area contributed by atoms with Gasteiger partial charge in [-0.3, -0.25) is 0 Å². The second-order valence-corrected chi connectivity index (χ2v) is 1.48. The topological polar surface area (TPSA) is 29.5 Å². The molecule has 0 aliphatic carbocycles. The summed E-state index contributed by atoms with van der Waals surface area (Å²) in [4.78, 5) is 0. The minimum absolute atomic E-state index is 0.830. The monoisotopic (exact) mass is 144 g/mol. The summed E-state index contributed by atoms with van der Waals surface area (Å²) >= 11 is 0. The van der Waals surface area contributed by atoms with E-state index in [2.05, 4.69) is 4.74 Å².